The van der Waals surface area contributed by atoms with Crippen LogP contribution in [0.15, 0.2) is 0 Å². The maximum Gasteiger partial charge on any atom is 0.411 e. The predicted octanol–water partition coefficient (Wildman–Crippen LogP) is 2.59. The van der Waals surface area contributed by atoms with E-state index < -0.39 is 12.8 Å². The van der Waals surface area contributed by atoms with E-state index in [4.69, 9.17) is 0 Å². The molecule has 0 fully saturated rings. The average Bonchev–Trinajstić information content (AvgIpc) is 2.12. The molecule has 5 heteroatoms. The smallest absolute Gasteiger partial charge is 0.372 e. The van der Waals surface area contributed by atoms with E-state index in [0.29, 0.717) is 0 Å². The van der Waals surface area contributed by atoms with Gasteiger partial charge in [0.15, 0.2) is 0 Å². The van der Waals surface area contributed by atoms with Crippen LogP contribution in [0.2, 0.25) is 0 Å². The molecule has 0 aromatic heterocycles. The molecular weight excluding hydrogens is 207 g/mol. The minimum absolute atomic E-state index is 0.178. The summed E-state index contributed by atoms with van der Waals surface area (Å²) in [5, 5.41) is 3.12. The summed E-state index contributed by atoms with van der Waals surface area (Å²) in [5.74, 6) is 0.178. The maximum absolute atomic E-state index is 11.8. The third-order valence-electron chi connectivity index (χ3n) is 2.00. The third kappa shape index (κ3) is 10.0. The van der Waals surface area contributed by atoms with Crippen molar-refractivity contribution in [3.8, 4) is 0 Å². The van der Waals surface area contributed by atoms with Gasteiger partial charge in [-0.3, -0.25) is 0 Å². The van der Waals surface area contributed by atoms with Gasteiger partial charge in [0.1, 0.15) is 6.61 Å². The summed E-state index contributed by atoms with van der Waals surface area (Å²) in [6.07, 6.45) is -2.36. The van der Waals surface area contributed by atoms with Crippen molar-refractivity contribution in [2.75, 3.05) is 26.3 Å². The summed E-state index contributed by atoms with van der Waals surface area (Å²) in [7, 11) is 0. The second-order valence-electron chi connectivity index (χ2n) is 3.59. The van der Waals surface area contributed by atoms with E-state index in [1.165, 1.54) is 0 Å². The van der Waals surface area contributed by atoms with Crippen LogP contribution in [0.1, 0.15) is 26.7 Å². The molecule has 0 aliphatic heterocycles. The second-order valence-corrected chi connectivity index (χ2v) is 3.59. The average molecular weight is 227 g/mol. The highest BCUT2D eigenvalue weighted by atomic mass is 19.4. The molecule has 0 amide bonds. The van der Waals surface area contributed by atoms with Crippen LogP contribution in [0, 0.1) is 5.92 Å². The van der Waals surface area contributed by atoms with Crippen LogP contribution in [0.5, 0.6) is 0 Å². The quantitative estimate of drug-likeness (QED) is 0.688. The van der Waals surface area contributed by atoms with Gasteiger partial charge in [0.05, 0.1) is 6.61 Å². The Balaban J connectivity index is 3.65. The largest absolute Gasteiger partial charge is 0.411 e. The van der Waals surface area contributed by atoms with Gasteiger partial charge in [-0.25, -0.2) is 0 Å². The van der Waals surface area contributed by atoms with Gasteiger partial charge in [-0.15, -0.1) is 0 Å². The molecule has 0 saturated carbocycles. The predicted molar refractivity (Wildman–Crippen MR) is 53.8 cm³/mol. The van der Waals surface area contributed by atoms with Crippen molar-refractivity contribution in [3.05, 3.63) is 0 Å². The van der Waals surface area contributed by atoms with Crippen molar-refractivity contribution < 1.29 is 17.9 Å². The Morgan fingerprint density at radius 3 is 2.40 bits per heavy atom. The Bertz CT molecular complexity index is 150. The van der Waals surface area contributed by atoms with Crippen LogP contribution >= 0.6 is 0 Å². The third-order valence-corrected chi connectivity index (χ3v) is 2.00. The zero-order valence-corrected chi connectivity index (χ0v) is 9.36. The molecule has 92 valence electrons. The normalized spacial score (nSPS) is 14.2. The summed E-state index contributed by atoms with van der Waals surface area (Å²) in [6, 6.07) is 0. The van der Waals surface area contributed by atoms with Gasteiger partial charge in [-0.2, -0.15) is 13.2 Å². The minimum Gasteiger partial charge on any atom is -0.372 e. The fraction of sp³-hybridized carbons (Fsp3) is 1.00. The molecule has 2 nitrogen and oxygen atoms in total. The maximum atomic E-state index is 11.8. The van der Waals surface area contributed by atoms with E-state index in [0.717, 1.165) is 25.9 Å². The van der Waals surface area contributed by atoms with E-state index in [2.05, 4.69) is 10.1 Å². The van der Waals surface area contributed by atoms with Gasteiger partial charge in [-0.1, -0.05) is 20.3 Å². The van der Waals surface area contributed by atoms with Crippen molar-refractivity contribution >= 4 is 0 Å². The van der Waals surface area contributed by atoms with Crippen molar-refractivity contribution in [1.29, 1.82) is 0 Å². The lowest BCUT2D eigenvalue weighted by Gasteiger charge is -2.17. The van der Waals surface area contributed by atoms with Crippen LogP contribution < -0.4 is 5.32 Å². The molecule has 0 bridgehead atoms. The zero-order chi connectivity index (χ0) is 11.7. The highest BCUT2D eigenvalue weighted by Gasteiger charge is 2.27. The fourth-order valence-electron chi connectivity index (χ4n) is 1.34. The minimum atomic E-state index is -4.21. The first-order valence-electron chi connectivity index (χ1n) is 5.34. The van der Waals surface area contributed by atoms with Gasteiger partial charge in [0, 0.05) is 6.54 Å². The van der Waals surface area contributed by atoms with Gasteiger partial charge >= 0.3 is 6.18 Å². The van der Waals surface area contributed by atoms with Crippen LogP contribution in [0.25, 0.3) is 0 Å². The Morgan fingerprint density at radius 2 is 1.93 bits per heavy atom. The van der Waals surface area contributed by atoms with Crippen LogP contribution in [0.3, 0.4) is 0 Å². The van der Waals surface area contributed by atoms with Crippen molar-refractivity contribution in [3.63, 3.8) is 0 Å². The zero-order valence-electron chi connectivity index (χ0n) is 9.36. The van der Waals surface area contributed by atoms with E-state index in [1.807, 2.05) is 13.8 Å². The van der Waals surface area contributed by atoms with Crippen molar-refractivity contribution in [2.45, 2.75) is 32.9 Å². The standard InChI is InChI=1S/C10H20F3NO/c1-3-5-9(6-14-4-2)7-15-8-10(11,12)13/h9,14H,3-8H2,1-2H3. The highest BCUT2D eigenvalue weighted by Crippen LogP contribution is 2.15. The van der Waals surface area contributed by atoms with E-state index >= 15 is 0 Å². The summed E-state index contributed by atoms with van der Waals surface area (Å²) in [6.45, 7) is 4.59. The number of halogens is 3. The molecular formula is C10H20F3NO. The molecule has 0 rings (SSSR count). The Labute approximate surface area is 89.2 Å². The lowest BCUT2D eigenvalue weighted by Crippen LogP contribution is -2.28. The molecule has 1 N–H and O–H groups in total. The Kier molecular flexibility index (Phi) is 7.78. The lowest BCUT2D eigenvalue weighted by atomic mass is 10.1. The summed E-state index contributed by atoms with van der Waals surface area (Å²) < 4.78 is 40.1. The van der Waals surface area contributed by atoms with E-state index in [1.54, 1.807) is 0 Å². The molecule has 0 spiro atoms. The van der Waals surface area contributed by atoms with E-state index in [9.17, 15) is 13.2 Å². The molecule has 0 heterocycles. The SMILES string of the molecule is CCCC(CNCC)COCC(F)(F)F. The molecule has 1 unspecified atom stereocenters. The van der Waals surface area contributed by atoms with Crippen LogP contribution in [-0.4, -0.2) is 32.5 Å². The van der Waals surface area contributed by atoms with Crippen molar-refractivity contribution in [1.82, 2.24) is 5.32 Å². The van der Waals surface area contributed by atoms with Crippen LogP contribution in [0.4, 0.5) is 13.2 Å². The topological polar surface area (TPSA) is 21.3 Å². The molecule has 0 aliphatic carbocycles. The fourth-order valence-corrected chi connectivity index (χ4v) is 1.34. The number of hydrogen-bond acceptors (Lipinski definition) is 2. The monoisotopic (exact) mass is 227 g/mol. The molecule has 15 heavy (non-hydrogen) atoms. The summed E-state index contributed by atoms with van der Waals surface area (Å²) >= 11 is 0. The number of alkyl halides is 3. The number of hydrogen-bond donors (Lipinski definition) is 1. The van der Waals surface area contributed by atoms with Gasteiger partial charge in [0.25, 0.3) is 0 Å². The molecule has 0 saturated heterocycles. The Hall–Kier alpha value is -0.290. The van der Waals surface area contributed by atoms with Gasteiger partial charge in [-0.05, 0) is 18.9 Å². The van der Waals surface area contributed by atoms with Gasteiger partial charge < -0.3 is 10.1 Å². The van der Waals surface area contributed by atoms with E-state index in [-0.39, 0.29) is 12.5 Å². The molecule has 0 aliphatic rings. The lowest BCUT2D eigenvalue weighted by molar-refractivity contribution is -0.176. The molecule has 0 aromatic carbocycles. The summed E-state index contributed by atoms with van der Waals surface area (Å²) in [5.41, 5.74) is 0. The first-order valence-corrected chi connectivity index (χ1v) is 5.34. The summed E-state index contributed by atoms with van der Waals surface area (Å²) in [4.78, 5) is 0. The number of rotatable bonds is 8. The van der Waals surface area contributed by atoms with Crippen molar-refractivity contribution in [2.24, 2.45) is 5.92 Å². The first-order chi connectivity index (χ1) is 6.99. The van der Waals surface area contributed by atoms with Crippen LogP contribution in [-0.2, 0) is 4.74 Å². The number of ether oxygens (including phenoxy) is 1. The van der Waals surface area contributed by atoms with Gasteiger partial charge in [0.2, 0.25) is 0 Å². The first kappa shape index (κ1) is 14.7. The number of nitrogens with one attached hydrogen (secondary N) is 1. The molecule has 0 radical (unpaired) electrons. The second kappa shape index (κ2) is 7.93. The highest BCUT2D eigenvalue weighted by molar-refractivity contribution is 4.61. The Morgan fingerprint density at radius 1 is 1.27 bits per heavy atom. The molecule has 1 atom stereocenters. The molecule has 0 aromatic rings.